The molecule has 0 aromatic carbocycles. The number of hydrazone groups is 1. The summed E-state index contributed by atoms with van der Waals surface area (Å²) in [4.78, 5) is 0. The molecule has 3 heterocycles. The highest BCUT2D eigenvalue weighted by molar-refractivity contribution is 5.83. The standard InChI is InChI=1S/C9H17N5/c1-6-2-4-8-7(10-6)3-5-9-11-12-13-14(8)9/h6-8,10,12-13H,2-5H2,1H3. The molecule has 5 heteroatoms. The van der Waals surface area contributed by atoms with Crippen LogP contribution in [0.1, 0.15) is 32.6 Å². The molecule has 0 aliphatic carbocycles. The van der Waals surface area contributed by atoms with Crippen molar-refractivity contribution in [1.82, 2.24) is 21.4 Å². The second-order valence-corrected chi connectivity index (χ2v) is 4.48. The Bertz CT molecular complexity index is 264. The highest BCUT2D eigenvalue weighted by atomic mass is 15.8. The van der Waals surface area contributed by atoms with Gasteiger partial charge in [0.15, 0.2) is 0 Å². The fourth-order valence-corrected chi connectivity index (χ4v) is 2.76. The summed E-state index contributed by atoms with van der Waals surface area (Å²) < 4.78 is 0. The van der Waals surface area contributed by atoms with Crippen LogP contribution in [0, 0.1) is 0 Å². The number of rotatable bonds is 0. The van der Waals surface area contributed by atoms with Crippen molar-refractivity contribution < 1.29 is 0 Å². The molecule has 3 aliphatic rings. The lowest BCUT2D eigenvalue weighted by Crippen LogP contribution is -2.63. The fourth-order valence-electron chi connectivity index (χ4n) is 2.76. The second kappa shape index (κ2) is 3.10. The van der Waals surface area contributed by atoms with Crippen molar-refractivity contribution in [3.63, 3.8) is 0 Å². The van der Waals surface area contributed by atoms with Gasteiger partial charge in [0, 0.05) is 18.5 Å². The topological polar surface area (TPSA) is 51.7 Å². The van der Waals surface area contributed by atoms with Crippen LogP contribution in [-0.2, 0) is 0 Å². The predicted octanol–water partition coefficient (Wildman–Crippen LogP) is -0.0724. The Kier molecular flexibility index (Phi) is 1.88. The van der Waals surface area contributed by atoms with Crippen molar-refractivity contribution in [2.24, 2.45) is 5.10 Å². The number of hydrogen-bond donors (Lipinski definition) is 3. The van der Waals surface area contributed by atoms with Crippen LogP contribution in [0.25, 0.3) is 0 Å². The molecule has 0 spiro atoms. The van der Waals surface area contributed by atoms with Crippen molar-refractivity contribution >= 4 is 5.84 Å². The summed E-state index contributed by atoms with van der Waals surface area (Å²) in [5.74, 6) is 1.17. The first kappa shape index (κ1) is 8.49. The first-order chi connectivity index (χ1) is 6.84. The van der Waals surface area contributed by atoms with Crippen molar-refractivity contribution in [2.45, 2.75) is 50.7 Å². The van der Waals surface area contributed by atoms with Crippen molar-refractivity contribution in [3.05, 3.63) is 0 Å². The Balaban J connectivity index is 1.78. The monoisotopic (exact) mass is 195 g/mol. The second-order valence-electron chi connectivity index (χ2n) is 4.48. The van der Waals surface area contributed by atoms with E-state index in [1.807, 2.05) is 0 Å². The Hall–Kier alpha value is -0.810. The minimum Gasteiger partial charge on any atom is -0.309 e. The summed E-state index contributed by atoms with van der Waals surface area (Å²) in [6.45, 7) is 2.27. The van der Waals surface area contributed by atoms with Gasteiger partial charge in [-0.3, -0.25) is 5.01 Å². The summed E-state index contributed by atoms with van der Waals surface area (Å²) in [5, 5.41) is 10.1. The zero-order valence-corrected chi connectivity index (χ0v) is 8.45. The van der Waals surface area contributed by atoms with Gasteiger partial charge in [0.25, 0.3) is 0 Å². The lowest BCUT2D eigenvalue weighted by Gasteiger charge is -2.44. The van der Waals surface area contributed by atoms with E-state index in [1.165, 1.54) is 25.1 Å². The van der Waals surface area contributed by atoms with E-state index in [-0.39, 0.29) is 0 Å². The maximum absolute atomic E-state index is 4.22. The third-order valence-electron chi connectivity index (χ3n) is 3.50. The molecule has 0 saturated carbocycles. The van der Waals surface area contributed by atoms with E-state index in [1.54, 1.807) is 0 Å². The van der Waals surface area contributed by atoms with Crippen LogP contribution < -0.4 is 16.4 Å². The quantitative estimate of drug-likeness (QED) is 0.506. The average Bonchev–Trinajstić information content (AvgIpc) is 2.65. The minimum absolute atomic E-state index is 0.577. The molecular formula is C9H17N5. The molecule has 3 unspecified atom stereocenters. The molecular weight excluding hydrogens is 178 g/mol. The summed E-state index contributed by atoms with van der Waals surface area (Å²) in [7, 11) is 0. The number of nitrogens with zero attached hydrogens (tertiary/aromatic N) is 2. The van der Waals surface area contributed by atoms with Crippen LogP contribution in [0.3, 0.4) is 0 Å². The molecule has 5 nitrogen and oxygen atoms in total. The Morgan fingerprint density at radius 2 is 2.29 bits per heavy atom. The Morgan fingerprint density at radius 1 is 1.36 bits per heavy atom. The molecule has 3 aliphatic heterocycles. The Morgan fingerprint density at radius 3 is 3.21 bits per heavy atom. The van der Waals surface area contributed by atoms with Gasteiger partial charge in [-0.2, -0.15) is 0 Å². The lowest BCUT2D eigenvalue weighted by atomic mass is 9.87. The molecule has 2 saturated heterocycles. The van der Waals surface area contributed by atoms with Crippen LogP contribution in [0.4, 0.5) is 0 Å². The first-order valence-corrected chi connectivity index (χ1v) is 5.47. The highest BCUT2D eigenvalue weighted by Crippen LogP contribution is 2.27. The maximum atomic E-state index is 4.22. The number of hydrogen-bond acceptors (Lipinski definition) is 5. The van der Waals surface area contributed by atoms with Gasteiger partial charge in [0.05, 0.1) is 6.04 Å². The summed E-state index contributed by atoms with van der Waals surface area (Å²) in [6, 6.07) is 1.88. The number of fused-ring (bicyclic) bond motifs is 3. The third-order valence-corrected chi connectivity index (χ3v) is 3.50. The third kappa shape index (κ3) is 1.19. The van der Waals surface area contributed by atoms with Crippen LogP contribution in [0.2, 0.25) is 0 Å². The smallest absolute Gasteiger partial charge is 0.142 e. The average molecular weight is 195 g/mol. The van der Waals surface area contributed by atoms with Gasteiger partial charge in [-0.15, -0.1) is 10.6 Å². The van der Waals surface area contributed by atoms with E-state index in [0.717, 1.165) is 6.42 Å². The maximum Gasteiger partial charge on any atom is 0.142 e. The number of piperidine rings is 2. The van der Waals surface area contributed by atoms with Gasteiger partial charge in [0.2, 0.25) is 0 Å². The van der Waals surface area contributed by atoms with Crippen LogP contribution >= 0.6 is 0 Å². The van der Waals surface area contributed by atoms with Gasteiger partial charge in [-0.25, -0.2) is 5.53 Å². The molecule has 78 valence electrons. The molecule has 2 fully saturated rings. The summed E-state index contributed by atoms with van der Waals surface area (Å²) >= 11 is 0. The SMILES string of the molecule is CC1CCC2C(CCC3=NNNN32)N1. The van der Waals surface area contributed by atoms with Crippen molar-refractivity contribution in [3.8, 4) is 0 Å². The number of amidine groups is 1. The highest BCUT2D eigenvalue weighted by Gasteiger charge is 2.39. The van der Waals surface area contributed by atoms with Crippen LogP contribution in [0.5, 0.6) is 0 Å². The van der Waals surface area contributed by atoms with Gasteiger partial charge >= 0.3 is 0 Å². The largest absolute Gasteiger partial charge is 0.309 e. The molecule has 3 rings (SSSR count). The molecule has 0 amide bonds. The van der Waals surface area contributed by atoms with E-state index >= 15 is 0 Å². The zero-order valence-electron chi connectivity index (χ0n) is 8.45. The van der Waals surface area contributed by atoms with Gasteiger partial charge in [-0.05, 0) is 26.2 Å². The van der Waals surface area contributed by atoms with Crippen LogP contribution in [-0.4, -0.2) is 29.0 Å². The first-order valence-electron chi connectivity index (χ1n) is 5.47. The fraction of sp³-hybridized carbons (Fsp3) is 0.889. The molecule has 0 radical (unpaired) electrons. The van der Waals surface area contributed by atoms with Crippen molar-refractivity contribution in [1.29, 1.82) is 0 Å². The summed E-state index contributed by atoms with van der Waals surface area (Å²) in [5.41, 5.74) is 5.96. The molecule has 3 atom stereocenters. The number of nitrogens with one attached hydrogen (secondary N) is 3. The molecule has 3 N–H and O–H groups in total. The molecule has 0 aromatic heterocycles. The van der Waals surface area contributed by atoms with E-state index in [9.17, 15) is 0 Å². The van der Waals surface area contributed by atoms with E-state index in [4.69, 9.17) is 0 Å². The Labute approximate surface area is 83.9 Å². The van der Waals surface area contributed by atoms with Gasteiger partial charge < -0.3 is 5.32 Å². The van der Waals surface area contributed by atoms with Gasteiger partial charge in [0.1, 0.15) is 5.84 Å². The summed E-state index contributed by atoms with van der Waals surface area (Å²) in [6.07, 6.45) is 4.80. The van der Waals surface area contributed by atoms with E-state index in [2.05, 4.69) is 33.4 Å². The minimum atomic E-state index is 0.577. The molecule has 14 heavy (non-hydrogen) atoms. The predicted molar refractivity (Wildman–Crippen MR) is 54.2 cm³/mol. The molecule has 0 aromatic rings. The van der Waals surface area contributed by atoms with E-state index < -0.39 is 0 Å². The van der Waals surface area contributed by atoms with E-state index in [0.29, 0.717) is 18.1 Å². The number of hydrazine groups is 2. The zero-order chi connectivity index (χ0) is 9.54. The van der Waals surface area contributed by atoms with Crippen molar-refractivity contribution in [2.75, 3.05) is 0 Å². The lowest BCUT2D eigenvalue weighted by molar-refractivity contribution is 0.111. The molecule has 0 bridgehead atoms. The normalized spacial score (nSPS) is 41.1. The van der Waals surface area contributed by atoms with Gasteiger partial charge in [-0.1, -0.05) is 0 Å². The van der Waals surface area contributed by atoms with Crippen LogP contribution in [0.15, 0.2) is 5.10 Å².